The largest absolute Gasteiger partial charge is 0.389 e. The molecule has 0 heterocycles. The SMILES string of the molecule is C=C1CCC2(O)CC1(O)C(C)C(=O)C2C=C(C)C. The molecular formula is C15H22O3. The van der Waals surface area contributed by atoms with Crippen LogP contribution in [0.2, 0.25) is 0 Å². The molecule has 2 rings (SSSR count). The van der Waals surface area contributed by atoms with E-state index in [1.54, 1.807) is 6.92 Å². The number of Topliss-reactive ketones (excluding diaryl/α,β-unsaturated/α-hetero) is 1. The van der Waals surface area contributed by atoms with E-state index < -0.39 is 23.0 Å². The van der Waals surface area contributed by atoms with Crippen LogP contribution in [0.1, 0.15) is 40.0 Å². The molecule has 2 aliphatic carbocycles. The van der Waals surface area contributed by atoms with E-state index in [-0.39, 0.29) is 12.2 Å². The first-order chi connectivity index (χ1) is 8.20. The summed E-state index contributed by atoms with van der Waals surface area (Å²) in [5.41, 5.74) is -0.639. The third-order valence-electron chi connectivity index (χ3n) is 4.58. The van der Waals surface area contributed by atoms with Gasteiger partial charge in [0.25, 0.3) is 0 Å². The van der Waals surface area contributed by atoms with Crippen molar-refractivity contribution in [1.29, 1.82) is 0 Å². The van der Waals surface area contributed by atoms with Gasteiger partial charge in [-0.1, -0.05) is 25.2 Å². The molecule has 3 nitrogen and oxygen atoms in total. The van der Waals surface area contributed by atoms with Crippen LogP contribution in [0.3, 0.4) is 0 Å². The summed E-state index contributed by atoms with van der Waals surface area (Å²) in [6, 6.07) is 0. The number of fused-ring (bicyclic) bond motifs is 2. The standard InChI is InChI=1S/C15H22O3/c1-9(2)7-12-13(16)11(4)15(18)8-14(12,17)6-5-10(15)3/h7,11-12,17-18H,3,5-6,8H2,1-2,4H3. The van der Waals surface area contributed by atoms with Crippen molar-refractivity contribution < 1.29 is 15.0 Å². The van der Waals surface area contributed by atoms with Crippen LogP contribution >= 0.6 is 0 Å². The highest BCUT2D eigenvalue weighted by molar-refractivity contribution is 5.89. The predicted molar refractivity (Wildman–Crippen MR) is 70.0 cm³/mol. The Morgan fingerprint density at radius 2 is 2.06 bits per heavy atom. The highest BCUT2D eigenvalue weighted by atomic mass is 16.3. The van der Waals surface area contributed by atoms with Gasteiger partial charge in [-0.2, -0.15) is 0 Å². The molecular weight excluding hydrogens is 228 g/mol. The highest BCUT2D eigenvalue weighted by Gasteiger charge is 2.59. The van der Waals surface area contributed by atoms with E-state index in [4.69, 9.17) is 0 Å². The summed E-state index contributed by atoms with van der Waals surface area (Å²) in [6.07, 6.45) is 3.14. The van der Waals surface area contributed by atoms with Crippen molar-refractivity contribution in [2.24, 2.45) is 11.8 Å². The van der Waals surface area contributed by atoms with Gasteiger partial charge in [0.15, 0.2) is 0 Å². The second-order valence-corrected chi connectivity index (χ2v) is 6.15. The Hall–Kier alpha value is -0.930. The molecule has 18 heavy (non-hydrogen) atoms. The van der Waals surface area contributed by atoms with Gasteiger partial charge < -0.3 is 10.2 Å². The van der Waals surface area contributed by atoms with E-state index in [9.17, 15) is 15.0 Å². The van der Waals surface area contributed by atoms with Gasteiger partial charge in [0.2, 0.25) is 0 Å². The summed E-state index contributed by atoms with van der Waals surface area (Å²) in [6.45, 7) is 9.46. The van der Waals surface area contributed by atoms with Gasteiger partial charge in [0.1, 0.15) is 5.78 Å². The van der Waals surface area contributed by atoms with E-state index in [0.717, 1.165) is 5.57 Å². The number of allylic oxidation sites excluding steroid dienone is 1. The second kappa shape index (κ2) is 4.04. The number of aliphatic hydroxyl groups is 2. The zero-order valence-electron chi connectivity index (χ0n) is 11.4. The van der Waals surface area contributed by atoms with E-state index in [2.05, 4.69) is 6.58 Å². The Morgan fingerprint density at radius 3 is 2.61 bits per heavy atom. The molecule has 3 heteroatoms. The third-order valence-corrected chi connectivity index (χ3v) is 4.58. The fourth-order valence-corrected chi connectivity index (χ4v) is 3.33. The zero-order chi connectivity index (χ0) is 13.7. The predicted octanol–water partition coefficient (Wildman–Crippen LogP) is 1.99. The Labute approximate surface area is 108 Å². The quantitative estimate of drug-likeness (QED) is 0.700. The molecule has 4 atom stereocenters. The molecule has 2 saturated carbocycles. The Balaban J connectivity index is 2.47. The second-order valence-electron chi connectivity index (χ2n) is 6.15. The third kappa shape index (κ3) is 1.77. The number of ketones is 1. The van der Waals surface area contributed by atoms with Crippen LogP contribution in [-0.2, 0) is 4.79 Å². The van der Waals surface area contributed by atoms with Crippen LogP contribution in [0.25, 0.3) is 0 Å². The monoisotopic (exact) mass is 250 g/mol. The molecule has 2 bridgehead atoms. The number of carbonyl (C=O) groups is 1. The zero-order valence-corrected chi connectivity index (χ0v) is 11.4. The van der Waals surface area contributed by atoms with Crippen LogP contribution in [0, 0.1) is 11.8 Å². The van der Waals surface area contributed by atoms with Crippen molar-refractivity contribution in [3.8, 4) is 0 Å². The molecule has 0 amide bonds. The number of hydrogen-bond donors (Lipinski definition) is 2. The minimum Gasteiger partial charge on any atom is -0.389 e. The van der Waals surface area contributed by atoms with Gasteiger partial charge >= 0.3 is 0 Å². The maximum absolute atomic E-state index is 12.4. The molecule has 0 saturated heterocycles. The molecule has 0 aromatic carbocycles. The maximum Gasteiger partial charge on any atom is 0.148 e. The molecule has 4 unspecified atom stereocenters. The first-order valence-corrected chi connectivity index (χ1v) is 6.52. The Bertz CT molecular complexity index is 433. The van der Waals surface area contributed by atoms with Crippen molar-refractivity contribution in [2.75, 3.05) is 0 Å². The average molecular weight is 250 g/mol. The molecule has 0 spiro atoms. The van der Waals surface area contributed by atoms with Crippen molar-refractivity contribution in [3.63, 3.8) is 0 Å². The number of rotatable bonds is 1. The molecule has 0 radical (unpaired) electrons. The van der Waals surface area contributed by atoms with Gasteiger partial charge in [-0.25, -0.2) is 0 Å². The van der Waals surface area contributed by atoms with Crippen LogP contribution in [0.5, 0.6) is 0 Å². The molecule has 0 aromatic heterocycles. The van der Waals surface area contributed by atoms with E-state index in [0.29, 0.717) is 18.4 Å². The lowest BCUT2D eigenvalue weighted by Gasteiger charge is -2.53. The fourth-order valence-electron chi connectivity index (χ4n) is 3.33. The molecule has 2 N–H and O–H groups in total. The lowest BCUT2D eigenvalue weighted by atomic mass is 9.55. The highest BCUT2D eigenvalue weighted by Crippen LogP contribution is 2.51. The van der Waals surface area contributed by atoms with Gasteiger partial charge in [-0.15, -0.1) is 0 Å². The molecule has 2 fully saturated rings. The summed E-state index contributed by atoms with van der Waals surface area (Å²) in [5, 5.41) is 21.3. The van der Waals surface area contributed by atoms with Gasteiger partial charge in [-0.3, -0.25) is 4.79 Å². The van der Waals surface area contributed by atoms with Crippen LogP contribution < -0.4 is 0 Å². The molecule has 100 valence electrons. The van der Waals surface area contributed by atoms with Crippen LogP contribution in [0.15, 0.2) is 23.8 Å². The minimum atomic E-state index is -1.23. The van der Waals surface area contributed by atoms with Gasteiger partial charge in [-0.05, 0) is 32.3 Å². The Kier molecular flexibility index (Phi) is 3.03. The fraction of sp³-hybridized carbons (Fsp3) is 0.667. The average Bonchev–Trinajstić information content (AvgIpc) is 2.28. The maximum atomic E-state index is 12.4. The number of hydrogen-bond acceptors (Lipinski definition) is 3. The summed E-state index contributed by atoms with van der Waals surface area (Å²) >= 11 is 0. The van der Waals surface area contributed by atoms with E-state index in [1.807, 2.05) is 19.9 Å². The van der Waals surface area contributed by atoms with Crippen molar-refractivity contribution in [2.45, 2.75) is 51.2 Å². The van der Waals surface area contributed by atoms with E-state index in [1.165, 1.54) is 0 Å². The lowest BCUT2D eigenvalue weighted by Crippen LogP contribution is -2.62. The normalized spacial score (nSPS) is 43.8. The summed E-state index contributed by atoms with van der Waals surface area (Å²) in [7, 11) is 0. The molecule has 0 aliphatic heterocycles. The van der Waals surface area contributed by atoms with Crippen molar-refractivity contribution >= 4 is 5.78 Å². The summed E-state index contributed by atoms with van der Waals surface area (Å²) in [4.78, 5) is 12.4. The topological polar surface area (TPSA) is 57.5 Å². The van der Waals surface area contributed by atoms with Gasteiger partial charge in [0.05, 0.1) is 17.1 Å². The summed E-state index contributed by atoms with van der Waals surface area (Å²) < 4.78 is 0. The molecule has 2 aliphatic rings. The number of carbonyl (C=O) groups excluding carboxylic acids is 1. The smallest absolute Gasteiger partial charge is 0.148 e. The first-order valence-electron chi connectivity index (χ1n) is 6.52. The molecule has 0 aromatic rings. The van der Waals surface area contributed by atoms with Crippen molar-refractivity contribution in [1.82, 2.24) is 0 Å². The first kappa shape index (κ1) is 13.5. The van der Waals surface area contributed by atoms with Crippen LogP contribution in [-0.4, -0.2) is 27.2 Å². The Morgan fingerprint density at radius 1 is 1.44 bits per heavy atom. The van der Waals surface area contributed by atoms with E-state index >= 15 is 0 Å². The summed E-state index contributed by atoms with van der Waals surface area (Å²) in [5.74, 6) is -1.06. The lowest BCUT2D eigenvalue weighted by molar-refractivity contribution is -0.171. The minimum absolute atomic E-state index is 0.0756. The van der Waals surface area contributed by atoms with Crippen molar-refractivity contribution in [3.05, 3.63) is 23.8 Å². The van der Waals surface area contributed by atoms with Crippen LogP contribution in [0.4, 0.5) is 0 Å². The van der Waals surface area contributed by atoms with Gasteiger partial charge in [0, 0.05) is 12.3 Å².